The Morgan fingerprint density at radius 2 is 2.26 bits per heavy atom. The van der Waals surface area contributed by atoms with Crippen LogP contribution in [0.5, 0.6) is 0 Å². The molecule has 0 unspecified atom stereocenters. The number of nitrogens with one attached hydrogen (secondary N) is 2. The van der Waals surface area contributed by atoms with Crippen LogP contribution in [0.2, 0.25) is 5.02 Å². The number of hydrogen-bond donors (Lipinski definition) is 2. The summed E-state index contributed by atoms with van der Waals surface area (Å²) in [5.74, 6) is 0.437. The van der Waals surface area contributed by atoms with Gasteiger partial charge >= 0.3 is 0 Å². The van der Waals surface area contributed by atoms with Crippen molar-refractivity contribution >= 4 is 17.5 Å². The second-order valence-electron chi connectivity index (χ2n) is 6.31. The van der Waals surface area contributed by atoms with Crippen LogP contribution in [0.3, 0.4) is 0 Å². The summed E-state index contributed by atoms with van der Waals surface area (Å²) in [5.41, 5.74) is 3.34. The Kier molecular flexibility index (Phi) is 4.43. The highest BCUT2D eigenvalue weighted by atomic mass is 35.5. The van der Waals surface area contributed by atoms with Crippen LogP contribution in [0.15, 0.2) is 6.07 Å². The van der Waals surface area contributed by atoms with E-state index < -0.39 is 0 Å². The molecule has 2 aromatic rings. The zero-order chi connectivity index (χ0) is 16.6. The fourth-order valence-electron chi connectivity index (χ4n) is 2.74. The largest absolute Gasteiger partial charge is 0.351 e. The molecular weight excluding hydrogens is 314 g/mol. The highest BCUT2D eigenvalue weighted by Gasteiger charge is 2.26. The molecule has 0 aliphatic heterocycles. The van der Waals surface area contributed by atoms with Gasteiger partial charge in [-0.2, -0.15) is 10.2 Å². The average molecular weight is 336 g/mol. The van der Waals surface area contributed by atoms with Crippen molar-refractivity contribution in [1.82, 2.24) is 25.3 Å². The van der Waals surface area contributed by atoms with Crippen LogP contribution < -0.4 is 5.32 Å². The zero-order valence-corrected chi connectivity index (χ0v) is 14.4. The molecule has 3 rings (SSSR count). The van der Waals surface area contributed by atoms with Crippen molar-refractivity contribution in [3.8, 4) is 0 Å². The average Bonchev–Trinajstić information content (AvgIpc) is 3.21. The Morgan fingerprint density at radius 3 is 2.87 bits per heavy atom. The number of halogens is 1. The number of H-pyrrole nitrogens is 1. The van der Waals surface area contributed by atoms with Gasteiger partial charge in [-0.05, 0) is 46.1 Å². The lowest BCUT2D eigenvalue weighted by Crippen LogP contribution is -2.26. The summed E-state index contributed by atoms with van der Waals surface area (Å²) in [6.45, 7) is 6.50. The molecule has 0 aromatic carbocycles. The molecule has 6 nitrogen and oxygen atoms in total. The summed E-state index contributed by atoms with van der Waals surface area (Å²) >= 11 is 6.18. The monoisotopic (exact) mass is 335 g/mol. The van der Waals surface area contributed by atoms with Crippen LogP contribution in [0.4, 0.5) is 0 Å². The number of hydrogen-bond acceptors (Lipinski definition) is 3. The predicted molar refractivity (Wildman–Crippen MR) is 88.9 cm³/mol. The van der Waals surface area contributed by atoms with E-state index in [0.717, 1.165) is 23.5 Å². The number of carbonyl (C=O) groups is 1. The third kappa shape index (κ3) is 3.42. The van der Waals surface area contributed by atoms with Gasteiger partial charge in [0.15, 0.2) is 0 Å². The van der Waals surface area contributed by atoms with Crippen molar-refractivity contribution in [2.75, 3.05) is 6.54 Å². The molecule has 1 saturated carbocycles. The molecule has 124 valence electrons. The van der Waals surface area contributed by atoms with E-state index in [2.05, 4.69) is 27.5 Å². The summed E-state index contributed by atoms with van der Waals surface area (Å²) in [4.78, 5) is 12.1. The number of amides is 1. The minimum absolute atomic E-state index is 0.133. The summed E-state index contributed by atoms with van der Waals surface area (Å²) in [6.07, 6.45) is 3.15. The Labute approximate surface area is 140 Å². The van der Waals surface area contributed by atoms with Crippen molar-refractivity contribution in [2.45, 2.75) is 52.0 Å². The van der Waals surface area contributed by atoms with E-state index in [4.69, 9.17) is 11.6 Å². The van der Waals surface area contributed by atoms with E-state index in [1.165, 1.54) is 12.8 Å². The van der Waals surface area contributed by atoms with Gasteiger partial charge in [0, 0.05) is 18.2 Å². The first-order valence-corrected chi connectivity index (χ1v) is 8.40. The Balaban J connectivity index is 1.51. The van der Waals surface area contributed by atoms with E-state index in [9.17, 15) is 4.79 Å². The molecule has 1 aliphatic carbocycles. The number of rotatable bonds is 6. The highest BCUT2D eigenvalue weighted by Crippen LogP contribution is 2.38. The maximum atomic E-state index is 12.1. The lowest BCUT2D eigenvalue weighted by Gasteiger charge is -2.14. The quantitative estimate of drug-likeness (QED) is 0.851. The summed E-state index contributed by atoms with van der Waals surface area (Å²) in [7, 11) is 0. The fourth-order valence-corrected chi connectivity index (χ4v) is 2.86. The topological polar surface area (TPSA) is 75.6 Å². The van der Waals surface area contributed by atoms with E-state index in [1.54, 1.807) is 0 Å². The maximum absolute atomic E-state index is 12.1. The molecule has 2 N–H and O–H groups in total. The molecule has 1 atom stereocenters. The molecule has 0 bridgehead atoms. The van der Waals surface area contributed by atoms with Gasteiger partial charge < -0.3 is 5.32 Å². The third-order valence-corrected chi connectivity index (χ3v) is 4.90. The smallest absolute Gasteiger partial charge is 0.271 e. The summed E-state index contributed by atoms with van der Waals surface area (Å²) < 4.78 is 1.92. The van der Waals surface area contributed by atoms with Gasteiger partial charge in [-0.15, -0.1) is 0 Å². The predicted octanol–water partition coefficient (Wildman–Crippen LogP) is 3.13. The van der Waals surface area contributed by atoms with Gasteiger partial charge in [0.1, 0.15) is 5.69 Å². The number of carbonyl (C=O) groups excluding carboxylic acids is 1. The SMILES string of the molecule is Cc1nn([C@H](C)CCNC(=O)c2cc(C3CC3)[nH]n2)c(C)c1Cl. The molecule has 1 aliphatic rings. The molecule has 1 fully saturated rings. The second kappa shape index (κ2) is 6.35. The van der Waals surface area contributed by atoms with E-state index in [-0.39, 0.29) is 11.9 Å². The molecule has 2 heterocycles. The minimum Gasteiger partial charge on any atom is -0.351 e. The van der Waals surface area contributed by atoms with Crippen molar-refractivity contribution in [3.63, 3.8) is 0 Å². The van der Waals surface area contributed by atoms with Crippen LogP contribution in [-0.4, -0.2) is 32.4 Å². The third-order valence-electron chi connectivity index (χ3n) is 4.35. The van der Waals surface area contributed by atoms with Crippen molar-refractivity contribution in [3.05, 3.63) is 33.9 Å². The first kappa shape index (κ1) is 16.1. The zero-order valence-electron chi connectivity index (χ0n) is 13.7. The summed E-state index contributed by atoms with van der Waals surface area (Å²) in [5, 5.41) is 15.1. The molecule has 0 spiro atoms. The summed E-state index contributed by atoms with van der Waals surface area (Å²) in [6, 6.07) is 2.03. The first-order valence-electron chi connectivity index (χ1n) is 8.02. The van der Waals surface area contributed by atoms with Crippen LogP contribution in [0, 0.1) is 13.8 Å². The van der Waals surface area contributed by atoms with Crippen LogP contribution >= 0.6 is 11.6 Å². The first-order chi connectivity index (χ1) is 11.0. The molecule has 0 saturated heterocycles. The van der Waals surface area contributed by atoms with Crippen LogP contribution in [-0.2, 0) is 0 Å². The molecule has 2 aromatic heterocycles. The van der Waals surface area contributed by atoms with Crippen molar-refractivity contribution in [1.29, 1.82) is 0 Å². The molecule has 0 radical (unpaired) electrons. The number of nitrogens with zero attached hydrogens (tertiary/aromatic N) is 3. The minimum atomic E-state index is -0.133. The van der Waals surface area contributed by atoms with Gasteiger partial charge in [-0.25, -0.2) is 0 Å². The molecule has 23 heavy (non-hydrogen) atoms. The lowest BCUT2D eigenvalue weighted by atomic mass is 10.2. The van der Waals surface area contributed by atoms with Crippen LogP contribution in [0.25, 0.3) is 0 Å². The molecule has 1 amide bonds. The van der Waals surface area contributed by atoms with Crippen LogP contribution in [0.1, 0.15) is 65.7 Å². The molecule has 7 heteroatoms. The Hall–Kier alpha value is -1.82. The van der Waals surface area contributed by atoms with E-state index in [1.807, 2.05) is 24.6 Å². The van der Waals surface area contributed by atoms with E-state index >= 15 is 0 Å². The fraction of sp³-hybridized carbons (Fsp3) is 0.562. The van der Waals surface area contributed by atoms with Crippen molar-refractivity contribution in [2.24, 2.45) is 0 Å². The van der Waals surface area contributed by atoms with E-state index in [0.29, 0.717) is 23.2 Å². The number of aromatic amines is 1. The number of aromatic nitrogens is 4. The number of aryl methyl sites for hydroxylation is 1. The standard InChI is InChI=1S/C16H22ClN5O/c1-9(22-11(3)15(17)10(2)21-22)6-7-18-16(23)14-8-13(19-20-14)12-4-5-12/h8-9,12H,4-7H2,1-3H3,(H,18,23)(H,19,20)/t9-/m1/s1. The second-order valence-corrected chi connectivity index (χ2v) is 6.68. The van der Waals surface area contributed by atoms with Gasteiger partial charge in [0.2, 0.25) is 0 Å². The Bertz CT molecular complexity index is 716. The van der Waals surface area contributed by atoms with Gasteiger partial charge in [0.05, 0.1) is 22.5 Å². The maximum Gasteiger partial charge on any atom is 0.271 e. The highest BCUT2D eigenvalue weighted by molar-refractivity contribution is 6.31. The van der Waals surface area contributed by atoms with Gasteiger partial charge in [-0.3, -0.25) is 14.6 Å². The normalized spacial score (nSPS) is 15.7. The molecular formula is C16H22ClN5O. The van der Waals surface area contributed by atoms with Crippen molar-refractivity contribution < 1.29 is 4.79 Å². The lowest BCUT2D eigenvalue weighted by molar-refractivity contribution is 0.0946. The van der Waals surface area contributed by atoms with Gasteiger partial charge in [-0.1, -0.05) is 11.6 Å². The van der Waals surface area contributed by atoms with Gasteiger partial charge in [0.25, 0.3) is 5.91 Å². The Morgan fingerprint density at radius 1 is 1.52 bits per heavy atom.